The van der Waals surface area contributed by atoms with Crippen molar-refractivity contribution in [1.29, 1.82) is 0 Å². The molecule has 0 unspecified atom stereocenters. The number of sulfonamides is 1. The molecular formula is C15H21NO5S. The summed E-state index contributed by atoms with van der Waals surface area (Å²) in [6.45, 7) is 3.87. The summed E-state index contributed by atoms with van der Waals surface area (Å²) >= 11 is 0. The maximum Gasteiger partial charge on any atom is 0.309 e. The average Bonchev–Trinajstić information content (AvgIpc) is 2.66. The van der Waals surface area contributed by atoms with Crippen LogP contribution in [-0.2, 0) is 26.1 Å². The predicted octanol–water partition coefficient (Wildman–Crippen LogP) is 1.41. The monoisotopic (exact) mass is 327 g/mol. The Morgan fingerprint density at radius 1 is 1.45 bits per heavy atom. The Morgan fingerprint density at radius 2 is 2.14 bits per heavy atom. The van der Waals surface area contributed by atoms with E-state index in [0.717, 1.165) is 5.56 Å². The van der Waals surface area contributed by atoms with E-state index in [-0.39, 0.29) is 24.9 Å². The van der Waals surface area contributed by atoms with E-state index < -0.39 is 21.9 Å². The maximum atomic E-state index is 12.7. The van der Waals surface area contributed by atoms with Gasteiger partial charge in [0.05, 0.1) is 24.8 Å². The van der Waals surface area contributed by atoms with Crippen LogP contribution in [0.5, 0.6) is 5.75 Å². The fourth-order valence-electron chi connectivity index (χ4n) is 2.45. The highest BCUT2D eigenvalue weighted by Crippen LogP contribution is 2.27. The average molecular weight is 327 g/mol. The summed E-state index contributed by atoms with van der Waals surface area (Å²) in [6.07, 6.45) is 0. The minimum Gasteiger partial charge on any atom is -0.492 e. The third kappa shape index (κ3) is 3.59. The van der Waals surface area contributed by atoms with Crippen molar-refractivity contribution in [3.05, 3.63) is 29.8 Å². The van der Waals surface area contributed by atoms with Gasteiger partial charge in [0.2, 0.25) is 10.0 Å². The molecule has 122 valence electrons. The molecule has 0 aliphatic carbocycles. The molecule has 0 amide bonds. The lowest BCUT2D eigenvalue weighted by Gasteiger charge is -2.26. The van der Waals surface area contributed by atoms with Gasteiger partial charge in [-0.2, -0.15) is 4.31 Å². The summed E-state index contributed by atoms with van der Waals surface area (Å²) in [7, 11) is -2.35. The number of methoxy groups -OCH3 is 1. The standard InChI is InChI=1S/C15H21NO5S/c1-11(15(17)20-3)10-22(18,19)16-8-13-6-4-5-7-14(13)21-9-12(16)2/h4-7,11-12H,8-10H2,1-3H3/t11-,12+/m1/s1. The fourth-order valence-corrected chi connectivity index (χ4v) is 4.35. The van der Waals surface area contributed by atoms with Crippen LogP contribution in [0.3, 0.4) is 0 Å². The van der Waals surface area contributed by atoms with Crippen molar-refractivity contribution in [2.45, 2.75) is 26.4 Å². The molecular weight excluding hydrogens is 306 g/mol. The largest absolute Gasteiger partial charge is 0.492 e. The highest BCUT2D eigenvalue weighted by molar-refractivity contribution is 7.89. The maximum absolute atomic E-state index is 12.7. The molecule has 0 radical (unpaired) electrons. The summed E-state index contributed by atoms with van der Waals surface area (Å²) in [4.78, 5) is 11.5. The van der Waals surface area contributed by atoms with Crippen LogP contribution in [0, 0.1) is 5.92 Å². The summed E-state index contributed by atoms with van der Waals surface area (Å²) in [5.41, 5.74) is 0.821. The van der Waals surface area contributed by atoms with Crippen molar-refractivity contribution in [2.75, 3.05) is 19.5 Å². The molecule has 7 heteroatoms. The van der Waals surface area contributed by atoms with Crippen molar-refractivity contribution in [3.63, 3.8) is 0 Å². The fraction of sp³-hybridized carbons (Fsp3) is 0.533. The van der Waals surface area contributed by atoms with Crippen LogP contribution >= 0.6 is 0 Å². The molecule has 1 heterocycles. The summed E-state index contributed by atoms with van der Waals surface area (Å²) in [6, 6.07) is 7.07. The number of nitrogens with zero attached hydrogens (tertiary/aromatic N) is 1. The van der Waals surface area contributed by atoms with Crippen molar-refractivity contribution in [2.24, 2.45) is 5.92 Å². The molecule has 0 spiro atoms. The quantitative estimate of drug-likeness (QED) is 0.782. The van der Waals surface area contributed by atoms with Gasteiger partial charge in [0.25, 0.3) is 0 Å². The van der Waals surface area contributed by atoms with Crippen LogP contribution in [0.15, 0.2) is 24.3 Å². The molecule has 0 bridgehead atoms. The van der Waals surface area contributed by atoms with E-state index in [0.29, 0.717) is 5.75 Å². The summed E-state index contributed by atoms with van der Waals surface area (Å²) in [5, 5.41) is 0. The number of esters is 1. The van der Waals surface area contributed by atoms with Gasteiger partial charge in [0.15, 0.2) is 0 Å². The molecule has 1 aliphatic heterocycles. The smallest absolute Gasteiger partial charge is 0.309 e. The zero-order valence-electron chi connectivity index (χ0n) is 13.0. The molecule has 2 rings (SSSR count). The van der Waals surface area contributed by atoms with Crippen LogP contribution in [0.25, 0.3) is 0 Å². The first kappa shape index (κ1) is 16.8. The van der Waals surface area contributed by atoms with Crippen LogP contribution in [0.2, 0.25) is 0 Å². The zero-order valence-corrected chi connectivity index (χ0v) is 13.8. The SMILES string of the molecule is COC(=O)[C@H](C)CS(=O)(=O)N1Cc2ccccc2OC[C@@H]1C. The number of para-hydroxylation sites is 1. The van der Waals surface area contributed by atoms with E-state index in [4.69, 9.17) is 4.74 Å². The minimum atomic E-state index is -3.60. The van der Waals surface area contributed by atoms with E-state index >= 15 is 0 Å². The van der Waals surface area contributed by atoms with E-state index in [1.54, 1.807) is 13.8 Å². The van der Waals surface area contributed by atoms with Crippen molar-refractivity contribution in [3.8, 4) is 5.75 Å². The Bertz CT molecular complexity index is 643. The second-order valence-corrected chi connectivity index (χ2v) is 7.48. The summed E-state index contributed by atoms with van der Waals surface area (Å²) in [5.74, 6) is -0.802. The van der Waals surface area contributed by atoms with Gasteiger partial charge in [-0.05, 0) is 13.0 Å². The van der Waals surface area contributed by atoms with Gasteiger partial charge in [-0.15, -0.1) is 0 Å². The van der Waals surface area contributed by atoms with E-state index in [1.807, 2.05) is 24.3 Å². The molecule has 1 aliphatic rings. The normalized spacial score (nSPS) is 20.4. The van der Waals surface area contributed by atoms with Gasteiger partial charge < -0.3 is 9.47 Å². The van der Waals surface area contributed by atoms with Gasteiger partial charge in [-0.25, -0.2) is 8.42 Å². The van der Waals surface area contributed by atoms with E-state index in [2.05, 4.69) is 4.74 Å². The minimum absolute atomic E-state index is 0.244. The van der Waals surface area contributed by atoms with Gasteiger partial charge >= 0.3 is 5.97 Å². The number of carbonyl (C=O) groups is 1. The number of carbonyl (C=O) groups excluding carboxylic acids is 1. The lowest BCUT2D eigenvalue weighted by molar-refractivity contribution is -0.144. The molecule has 6 nitrogen and oxygen atoms in total. The van der Waals surface area contributed by atoms with Crippen molar-refractivity contribution < 1.29 is 22.7 Å². The highest BCUT2D eigenvalue weighted by atomic mass is 32.2. The van der Waals surface area contributed by atoms with Crippen LogP contribution in [0.1, 0.15) is 19.4 Å². The lowest BCUT2D eigenvalue weighted by Crippen LogP contribution is -2.42. The molecule has 0 saturated heterocycles. The first-order chi connectivity index (χ1) is 10.3. The Labute approximate surface area is 131 Å². The Kier molecular flexibility index (Phi) is 5.08. The third-order valence-corrected chi connectivity index (χ3v) is 5.82. The number of hydrogen-bond donors (Lipinski definition) is 0. The van der Waals surface area contributed by atoms with Crippen molar-refractivity contribution in [1.82, 2.24) is 4.31 Å². The Hall–Kier alpha value is -1.60. The predicted molar refractivity (Wildman–Crippen MR) is 81.9 cm³/mol. The van der Waals surface area contributed by atoms with Crippen LogP contribution in [0.4, 0.5) is 0 Å². The van der Waals surface area contributed by atoms with Crippen LogP contribution < -0.4 is 4.74 Å². The van der Waals surface area contributed by atoms with E-state index in [9.17, 15) is 13.2 Å². The molecule has 0 aromatic heterocycles. The summed E-state index contributed by atoms with van der Waals surface area (Å²) < 4.78 is 37.0. The molecule has 0 saturated carbocycles. The third-order valence-electron chi connectivity index (χ3n) is 3.69. The molecule has 22 heavy (non-hydrogen) atoms. The van der Waals surface area contributed by atoms with Crippen molar-refractivity contribution >= 4 is 16.0 Å². The van der Waals surface area contributed by atoms with E-state index in [1.165, 1.54) is 11.4 Å². The number of benzene rings is 1. The molecule has 1 aromatic carbocycles. The van der Waals surface area contributed by atoms with Gasteiger partial charge in [-0.3, -0.25) is 4.79 Å². The second kappa shape index (κ2) is 6.66. The first-order valence-corrected chi connectivity index (χ1v) is 8.74. The molecule has 2 atom stereocenters. The first-order valence-electron chi connectivity index (χ1n) is 7.13. The number of fused-ring (bicyclic) bond motifs is 1. The highest BCUT2D eigenvalue weighted by Gasteiger charge is 2.33. The molecule has 1 aromatic rings. The molecule has 0 N–H and O–H groups in total. The molecule has 0 fully saturated rings. The number of hydrogen-bond acceptors (Lipinski definition) is 5. The van der Waals surface area contributed by atoms with Crippen LogP contribution in [-0.4, -0.2) is 44.2 Å². The Morgan fingerprint density at radius 3 is 2.82 bits per heavy atom. The number of rotatable bonds is 4. The number of ether oxygens (including phenoxy) is 2. The topological polar surface area (TPSA) is 72.9 Å². The van der Waals surface area contributed by atoms with Gasteiger partial charge in [0, 0.05) is 12.1 Å². The van der Waals surface area contributed by atoms with Gasteiger partial charge in [-0.1, -0.05) is 25.1 Å². The zero-order chi connectivity index (χ0) is 16.3. The Balaban J connectivity index is 2.24. The second-order valence-electron chi connectivity index (χ2n) is 5.52. The lowest BCUT2D eigenvalue weighted by atomic mass is 10.2. The van der Waals surface area contributed by atoms with Gasteiger partial charge in [0.1, 0.15) is 12.4 Å².